The summed E-state index contributed by atoms with van der Waals surface area (Å²) in [6.45, 7) is 8.55. The molecular weight excluding hydrogens is 376 g/mol. The van der Waals surface area contributed by atoms with Gasteiger partial charge in [-0.15, -0.1) is 0 Å². The summed E-state index contributed by atoms with van der Waals surface area (Å²) in [4.78, 5) is 9.44. The van der Waals surface area contributed by atoms with Crippen LogP contribution in [0.25, 0.3) is 0 Å². The van der Waals surface area contributed by atoms with E-state index in [1.165, 1.54) is 49.9 Å². The van der Waals surface area contributed by atoms with Gasteiger partial charge in [-0.1, -0.05) is 37.1 Å². The summed E-state index contributed by atoms with van der Waals surface area (Å²) in [7, 11) is 3.58. The van der Waals surface area contributed by atoms with Gasteiger partial charge < -0.3 is 19.7 Å². The molecule has 1 aromatic carbocycles. The highest BCUT2D eigenvalue weighted by Gasteiger charge is 2.24. The van der Waals surface area contributed by atoms with E-state index < -0.39 is 0 Å². The minimum absolute atomic E-state index is 0.568. The highest BCUT2D eigenvalue weighted by Crippen LogP contribution is 2.17. The number of nitrogens with one attached hydrogen (secondary N) is 1. The molecule has 0 saturated carbocycles. The van der Waals surface area contributed by atoms with Gasteiger partial charge in [-0.3, -0.25) is 9.89 Å². The lowest BCUT2D eigenvalue weighted by atomic mass is 10.1. The maximum atomic E-state index is 5.71. The van der Waals surface area contributed by atoms with Crippen LogP contribution < -0.4 is 5.32 Å². The summed E-state index contributed by atoms with van der Waals surface area (Å²) in [6, 6.07) is 9.08. The zero-order valence-electron chi connectivity index (χ0n) is 18.9. The van der Waals surface area contributed by atoms with Crippen molar-refractivity contribution in [2.24, 2.45) is 10.9 Å². The van der Waals surface area contributed by atoms with Crippen molar-refractivity contribution in [2.75, 3.05) is 60.2 Å². The SMILES string of the molecule is CN=C(NCc1ccc(CN2CCCCCC2)cc1)N1CCC(COCCOC)C1. The molecule has 2 fully saturated rings. The number of nitrogens with zero attached hydrogens (tertiary/aromatic N) is 3. The fourth-order valence-corrected chi connectivity index (χ4v) is 4.38. The largest absolute Gasteiger partial charge is 0.382 e. The van der Waals surface area contributed by atoms with E-state index in [1.807, 2.05) is 7.05 Å². The maximum absolute atomic E-state index is 5.71. The second kappa shape index (κ2) is 12.9. The van der Waals surface area contributed by atoms with Crippen LogP contribution in [0.5, 0.6) is 0 Å². The smallest absolute Gasteiger partial charge is 0.193 e. The van der Waals surface area contributed by atoms with Crippen molar-refractivity contribution in [2.45, 2.75) is 45.2 Å². The summed E-state index contributed by atoms with van der Waals surface area (Å²) < 4.78 is 10.7. The number of benzene rings is 1. The van der Waals surface area contributed by atoms with E-state index in [1.54, 1.807) is 7.11 Å². The molecule has 2 aliphatic rings. The Hall–Kier alpha value is -1.63. The van der Waals surface area contributed by atoms with E-state index in [2.05, 4.69) is 44.4 Å². The van der Waals surface area contributed by atoms with Crippen LogP contribution in [-0.4, -0.2) is 75.9 Å². The predicted molar refractivity (Wildman–Crippen MR) is 123 cm³/mol. The van der Waals surface area contributed by atoms with Gasteiger partial charge in [0.25, 0.3) is 0 Å². The zero-order chi connectivity index (χ0) is 21.0. The van der Waals surface area contributed by atoms with Crippen LogP contribution in [0.2, 0.25) is 0 Å². The molecule has 6 nitrogen and oxygen atoms in total. The van der Waals surface area contributed by atoms with Crippen molar-refractivity contribution in [3.63, 3.8) is 0 Å². The number of guanidine groups is 1. The summed E-state index contributed by atoms with van der Waals surface area (Å²) in [6.07, 6.45) is 6.62. The lowest BCUT2D eigenvalue weighted by molar-refractivity contribution is 0.0536. The standard InChI is InChI=1S/C24H40N4O2/c1-25-24(28-14-11-23(19-28)20-30-16-15-29-2)26-17-21-7-9-22(10-8-21)18-27-12-5-3-4-6-13-27/h7-10,23H,3-6,11-20H2,1-2H3,(H,25,26). The Morgan fingerprint density at radius 2 is 1.77 bits per heavy atom. The summed E-state index contributed by atoms with van der Waals surface area (Å²) in [5.74, 6) is 1.56. The lowest BCUT2D eigenvalue weighted by Crippen LogP contribution is -2.39. The van der Waals surface area contributed by atoms with E-state index in [-0.39, 0.29) is 0 Å². The van der Waals surface area contributed by atoms with Gasteiger partial charge in [0, 0.05) is 46.3 Å². The van der Waals surface area contributed by atoms with Crippen molar-refractivity contribution in [1.82, 2.24) is 15.1 Å². The molecule has 1 N–H and O–H groups in total. The second-order valence-corrected chi connectivity index (χ2v) is 8.58. The van der Waals surface area contributed by atoms with Crippen LogP contribution in [0.15, 0.2) is 29.3 Å². The molecule has 2 heterocycles. The zero-order valence-corrected chi connectivity index (χ0v) is 18.9. The van der Waals surface area contributed by atoms with E-state index >= 15 is 0 Å². The Balaban J connectivity index is 1.40. The van der Waals surface area contributed by atoms with Crippen LogP contribution in [0.3, 0.4) is 0 Å². The fourth-order valence-electron chi connectivity index (χ4n) is 4.38. The highest BCUT2D eigenvalue weighted by molar-refractivity contribution is 5.80. The molecular formula is C24H40N4O2. The lowest BCUT2D eigenvalue weighted by Gasteiger charge is -2.22. The molecule has 0 amide bonds. The Bertz CT molecular complexity index is 627. The first kappa shape index (κ1) is 23.0. The van der Waals surface area contributed by atoms with E-state index in [4.69, 9.17) is 9.47 Å². The molecule has 0 radical (unpaired) electrons. The minimum Gasteiger partial charge on any atom is -0.382 e. The van der Waals surface area contributed by atoms with Crippen molar-refractivity contribution in [1.29, 1.82) is 0 Å². The summed E-state index contributed by atoms with van der Waals surface area (Å²) >= 11 is 0. The number of hydrogen-bond donors (Lipinski definition) is 1. The van der Waals surface area contributed by atoms with E-state index in [0.717, 1.165) is 45.2 Å². The summed E-state index contributed by atoms with van der Waals surface area (Å²) in [5, 5.41) is 3.54. The predicted octanol–water partition coefficient (Wildman–Crippen LogP) is 3.12. The maximum Gasteiger partial charge on any atom is 0.193 e. The van der Waals surface area contributed by atoms with Gasteiger partial charge in [0.15, 0.2) is 5.96 Å². The number of rotatable bonds is 9. The molecule has 0 aromatic heterocycles. The van der Waals surface area contributed by atoms with Gasteiger partial charge in [0.05, 0.1) is 19.8 Å². The first-order valence-electron chi connectivity index (χ1n) is 11.6. The summed E-state index contributed by atoms with van der Waals surface area (Å²) in [5.41, 5.74) is 2.72. The number of likely N-dealkylation sites (tertiary alicyclic amines) is 2. The third-order valence-corrected chi connectivity index (χ3v) is 6.16. The highest BCUT2D eigenvalue weighted by atomic mass is 16.5. The number of methoxy groups -OCH3 is 1. The Morgan fingerprint density at radius 3 is 2.47 bits per heavy atom. The van der Waals surface area contributed by atoms with Crippen LogP contribution in [-0.2, 0) is 22.6 Å². The molecule has 1 aromatic rings. The molecule has 2 saturated heterocycles. The quantitative estimate of drug-likeness (QED) is 0.381. The van der Waals surface area contributed by atoms with Crippen molar-refractivity contribution in [3.8, 4) is 0 Å². The Labute approximate surface area is 182 Å². The fraction of sp³-hybridized carbons (Fsp3) is 0.708. The number of hydrogen-bond acceptors (Lipinski definition) is 4. The minimum atomic E-state index is 0.568. The van der Waals surface area contributed by atoms with Crippen LogP contribution in [0, 0.1) is 5.92 Å². The van der Waals surface area contributed by atoms with Crippen molar-refractivity contribution < 1.29 is 9.47 Å². The third-order valence-electron chi connectivity index (χ3n) is 6.16. The first-order valence-corrected chi connectivity index (χ1v) is 11.6. The van der Waals surface area contributed by atoms with Crippen molar-refractivity contribution >= 4 is 5.96 Å². The van der Waals surface area contributed by atoms with Gasteiger partial charge in [-0.05, 0) is 43.5 Å². The molecule has 2 aliphatic heterocycles. The molecule has 1 atom stereocenters. The van der Waals surface area contributed by atoms with Gasteiger partial charge in [0.1, 0.15) is 0 Å². The van der Waals surface area contributed by atoms with Crippen molar-refractivity contribution in [3.05, 3.63) is 35.4 Å². The number of ether oxygens (including phenoxy) is 2. The van der Waals surface area contributed by atoms with Crippen LogP contribution in [0.4, 0.5) is 0 Å². The molecule has 0 aliphatic carbocycles. The normalized spacial score (nSPS) is 21.1. The average Bonchev–Trinajstić information content (AvgIpc) is 3.08. The molecule has 168 valence electrons. The molecule has 6 heteroatoms. The van der Waals surface area contributed by atoms with E-state index in [0.29, 0.717) is 19.1 Å². The topological polar surface area (TPSA) is 49.3 Å². The Kier molecular flexibility index (Phi) is 9.93. The molecule has 0 spiro atoms. The monoisotopic (exact) mass is 416 g/mol. The average molecular weight is 417 g/mol. The van der Waals surface area contributed by atoms with Gasteiger partial charge in [-0.25, -0.2) is 0 Å². The Morgan fingerprint density at radius 1 is 1.03 bits per heavy atom. The van der Waals surface area contributed by atoms with Gasteiger partial charge in [0.2, 0.25) is 0 Å². The number of aliphatic imine (C=N–C) groups is 1. The van der Waals surface area contributed by atoms with Gasteiger partial charge >= 0.3 is 0 Å². The molecule has 30 heavy (non-hydrogen) atoms. The molecule has 3 rings (SSSR count). The van der Waals surface area contributed by atoms with E-state index in [9.17, 15) is 0 Å². The van der Waals surface area contributed by atoms with Gasteiger partial charge in [-0.2, -0.15) is 0 Å². The molecule has 0 bridgehead atoms. The third kappa shape index (κ3) is 7.56. The van der Waals surface area contributed by atoms with Crippen LogP contribution >= 0.6 is 0 Å². The second-order valence-electron chi connectivity index (χ2n) is 8.58. The first-order chi connectivity index (χ1) is 14.8. The molecule has 1 unspecified atom stereocenters. The van der Waals surface area contributed by atoms with Crippen LogP contribution in [0.1, 0.15) is 43.2 Å².